The monoisotopic (exact) mass is 302 g/mol. The number of allylic oxidation sites excluding steroid dienone is 4. The van der Waals surface area contributed by atoms with Gasteiger partial charge in [0.1, 0.15) is 5.76 Å². The lowest BCUT2D eigenvalue weighted by Crippen LogP contribution is -2.65. The Kier molecular flexibility index (Phi) is 3.81. The van der Waals surface area contributed by atoms with E-state index in [1.165, 1.54) is 6.42 Å². The molecule has 1 saturated heterocycles. The first kappa shape index (κ1) is 15.9. The van der Waals surface area contributed by atoms with E-state index in [0.717, 1.165) is 23.6 Å². The molecule has 4 heteroatoms. The highest BCUT2D eigenvalue weighted by Crippen LogP contribution is 2.65. The summed E-state index contributed by atoms with van der Waals surface area (Å²) in [6.07, 6.45) is 8.24. The van der Waals surface area contributed by atoms with Gasteiger partial charge < -0.3 is 14.0 Å². The molecule has 0 radical (unpaired) electrons. The molecule has 120 valence electrons. The first-order valence-electron chi connectivity index (χ1n) is 8.25. The van der Waals surface area contributed by atoms with Gasteiger partial charge >= 0.3 is 7.12 Å². The van der Waals surface area contributed by atoms with E-state index in [4.69, 9.17) is 14.0 Å². The topological polar surface area (TPSA) is 27.7 Å². The largest absolute Gasteiger partial charge is 0.498 e. The van der Waals surface area contributed by atoms with Gasteiger partial charge in [0, 0.05) is 5.47 Å². The van der Waals surface area contributed by atoms with Gasteiger partial charge in [0.15, 0.2) is 0 Å². The van der Waals surface area contributed by atoms with Crippen LogP contribution in [0.25, 0.3) is 0 Å². The lowest BCUT2D eigenvalue weighted by molar-refractivity contribution is -0.199. The molecule has 0 amide bonds. The quantitative estimate of drug-likeness (QED) is 0.447. The van der Waals surface area contributed by atoms with E-state index in [0.29, 0.717) is 11.3 Å². The van der Waals surface area contributed by atoms with Crippen molar-refractivity contribution in [1.29, 1.82) is 0 Å². The highest BCUT2D eigenvalue weighted by molar-refractivity contribution is 6.55. The number of methoxy groups -OCH3 is 1. The second-order valence-electron chi connectivity index (χ2n) is 7.53. The van der Waals surface area contributed by atoms with Crippen molar-refractivity contribution in [1.82, 2.24) is 0 Å². The lowest BCUT2D eigenvalue weighted by atomic mass is 9.43. The van der Waals surface area contributed by atoms with Crippen LogP contribution < -0.4 is 0 Å². The molecule has 3 aliphatic carbocycles. The maximum atomic E-state index is 6.48. The number of rotatable bonds is 4. The maximum Gasteiger partial charge on any atom is 0.498 e. The molecule has 22 heavy (non-hydrogen) atoms. The summed E-state index contributed by atoms with van der Waals surface area (Å²) in [5, 5.41) is 0. The molecule has 1 heterocycles. The van der Waals surface area contributed by atoms with Gasteiger partial charge in [-0.2, -0.15) is 0 Å². The van der Waals surface area contributed by atoms with E-state index in [2.05, 4.69) is 27.4 Å². The summed E-state index contributed by atoms with van der Waals surface area (Å²) in [5.41, 5.74) is 1.08. The van der Waals surface area contributed by atoms with E-state index in [1.54, 1.807) is 13.2 Å². The zero-order valence-electron chi connectivity index (χ0n) is 14.4. The van der Waals surface area contributed by atoms with Crippen molar-refractivity contribution in [2.24, 2.45) is 17.3 Å². The molecular weight excluding hydrogens is 275 g/mol. The molecule has 4 aliphatic rings. The van der Waals surface area contributed by atoms with Crippen molar-refractivity contribution in [3.63, 3.8) is 0 Å². The molecule has 4 fully saturated rings. The molecule has 3 saturated carbocycles. The number of hydrogen-bond acceptors (Lipinski definition) is 3. The molecule has 0 spiro atoms. The Morgan fingerprint density at radius 2 is 2.05 bits per heavy atom. The fraction of sp³-hybridized carbons (Fsp3) is 0.667. The van der Waals surface area contributed by atoms with Crippen LogP contribution in [0.4, 0.5) is 0 Å². The first-order chi connectivity index (χ1) is 10.4. The minimum atomic E-state index is -0.366. The Morgan fingerprint density at radius 1 is 1.32 bits per heavy atom. The van der Waals surface area contributed by atoms with Gasteiger partial charge in [-0.15, -0.1) is 0 Å². The summed E-state index contributed by atoms with van der Waals surface area (Å²) in [4.78, 5) is 0. The standard InChI is InChI=1S/C18H27BO3/c1-7-9-13(14(8-2)20-6)19-21-16-11-12-10-15(17(12,3)4)18(16,5)22-19/h7-9,12,15-16H,2,10-11H2,1,3-6H3/b9-7-,14-13-. The Morgan fingerprint density at radius 3 is 2.59 bits per heavy atom. The van der Waals surface area contributed by atoms with E-state index >= 15 is 0 Å². The van der Waals surface area contributed by atoms with Gasteiger partial charge in [-0.25, -0.2) is 0 Å². The molecule has 4 atom stereocenters. The summed E-state index contributed by atoms with van der Waals surface area (Å²) in [7, 11) is 1.29. The lowest BCUT2D eigenvalue weighted by Gasteiger charge is -2.64. The number of hydrogen-bond donors (Lipinski definition) is 0. The van der Waals surface area contributed by atoms with Gasteiger partial charge in [-0.1, -0.05) is 32.6 Å². The predicted molar refractivity (Wildman–Crippen MR) is 89.2 cm³/mol. The van der Waals surface area contributed by atoms with E-state index in [-0.39, 0.29) is 18.8 Å². The van der Waals surface area contributed by atoms with Crippen LogP contribution in [-0.4, -0.2) is 25.9 Å². The average molecular weight is 302 g/mol. The van der Waals surface area contributed by atoms with Gasteiger partial charge in [0.25, 0.3) is 0 Å². The predicted octanol–water partition coefficient (Wildman–Crippen LogP) is 3.92. The fourth-order valence-electron chi connectivity index (χ4n) is 4.77. The van der Waals surface area contributed by atoms with Crippen LogP contribution in [0, 0.1) is 17.3 Å². The third kappa shape index (κ3) is 2.04. The fourth-order valence-corrected chi connectivity index (χ4v) is 4.77. The molecule has 1 aliphatic heterocycles. The molecule has 3 nitrogen and oxygen atoms in total. The summed E-state index contributed by atoms with van der Waals surface area (Å²) in [6.45, 7) is 12.8. The second-order valence-corrected chi connectivity index (χ2v) is 7.53. The van der Waals surface area contributed by atoms with Crippen LogP contribution in [0.1, 0.15) is 40.5 Å². The zero-order valence-corrected chi connectivity index (χ0v) is 14.4. The Bertz CT molecular complexity index is 536. The molecule has 0 N–H and O–H groups in total. The normalized spacial score (nSPS) is 40.0. The molecule has 4 unspecified atom stereocenters. The summed E-state index contributed by atoms with van der Waals surface area (Å²) < 4.78 is 18.2. The summed E-state index contributed by atoms with van der Waals surface area (Å²) in [6, 6.07) is 0. The van der Waals surface area contributed by atoms with E-state index < -0.39 is 0 Å². The van der Waals surface area contributed by atoms with E-state index in [9.17, 15) is 0 Å². The van der Waals surface area contributed by atoms with Crippen molar-refractivity contribution in [3.8, 4) is 0 Å². The molecule has 0 aromatic heterocycles. The van der Waals surface area contributed by atoms with E-state index in [1.807, 2.05) is 19.1 Å². The summed E-state index contributed by atoms with van der Waals surface area (Å²) in [5.74, 6) is 2.04. The molecule has 2 bridgehead atoms. The Hall–Kier alpha value is -0.995. The van der Waals surface area contributed by atoms with Crippen LogP contribution in [-0.2, 0) is 14.0 Å². The summed E-state index contributed by atoms with van der Waals surface area (Å²) >= 11 is 0. The SMILES string of the molecule is C=C/C(OC)=C(\C=C/C)B1OC2CC3CC(C3(C)C)C2(C)O1. The van der Waals surface area contributed by atoms with Crippen LogP contribution in [0.5, 0.6) is 0 Å². The highest BCUT2D eigenvalue weighted by atomic mass is 16.7. The highest BCUT2D eigenvalue weighted by Gasteiger charge is 2.68. The van der Waals surface area contributed by atoms with Gasteiger partial charge in [-0.05, 0) is 50.0 Å². The third-order valence-corrected chi connectivity index (χ3v) is 6.24. The van der Waals surface area contributed by atoms with Gasteiger partial charge in [-0.3, -0.25) is 0 Å². The minimum Gasteiger partial charge on any atom is -0.497 e. The third-order valence-electron chi connectivity index (χ3n) is 6.24. The molecule has 0 aromatic rings. The Labute approximate surface area is 134 Å². The smallest absolute Gasteiger partial charge is 0.497 e. The number of ether oxygens (including phenoxy) is 1. The second kappa shape index (κ2) is 5.28. The van der Waals surface area contributed by atoms with Crippen LogP contribution in [0.3, 0.4) is 0 Å². The Balaban J connectivity index is 1.91. The van der Waals surface area contributed by atoms with Crippen LogP contribution >= 0.6 is 0 Å². The van der Waals surface area contributed by atoms with Crippen LogP contribution in [0.2, 0.25) is 0 Å². The molecular formula is C18H27BO3. The van der Waals surface area contributed by atoms with Crippen molar-refractivity contribution >= 4 is 7.12 Å². The molecule has 0 aromatic carbocycles. The van der Waals surface area contributed by atoms with Crippen LogP contribution in [0.15, 0.2) is 36.0 Å². The average Bonchev–Trinajstić information content (AvgIpc) is 2.83. The van der Waals surface area contributed by atoms with Gasteiger partial charge in [0.2, 0.25) is 0 Å². The van der Waals surface area contributed by atoms with Crippen molar-refractivity contribution < 1.29 is 14.0 Å². The van der Waals surface area contributed by atoms with Crippen molar-refractivity contribution in [2.75, 3.05) is 7.11 Å². The van der Waals surface area contributed by atoms with Crippen molar-refractivity contribution in [2.45, 2.75) is 52.2 Å². The molecule has 4 rings (SSSR count). The first-order valence-corrected chi connectivity index (χ1v) is 8.25. The zero-order chi connectivity index (χ0) is 16.1. The van der Waals surface area contributed by atoms with Crippen molar-refractivity contribution in [3.05, 3.63) is 36.0 Å². The minimum absolute atomic E-state index is 0.178. The maximum absolute atomic E-state index is 6.48. The van der Waals surface area contributed by atoms with Gasteiger partial charge in [0.05, 0.1) is 18.8 Å².